The Hall–Kier alpha value is 0.310. The van der Waals surface area contributed by atoms with Gasteiger partial charge in [0, 0.05) is 6.66 Å². The fourth-order valence-electron chi connectivity index (χ4n) is 0.543. The first-order valence-electron chi connectivity index (χ1n) is 3.29. The van der Waals surface area contributed by atoms with Crippen LogP contribution in [0.3, 0.4) is 0 Å². The summed E-state index contributed by atoms with van der Waals surface area (Å²) in [6.07, 6.45) is 0.829. The fourth-order valence-corrected chi connectivity index (χ4v) is 1.87. The second-order valence-electron chi connectivity index (χ2n) is 2.44. The summed E-state index contributed by atoms with van der Waals surface area (Å²) in [6, 6.07) is 0. The molecule has 0 aromatic carbocycles. The van der Waals surface area contributed by atoms with Crippen LogP contribution < -0.4 is 0 Å². The molecule has 72 valence electrons. The molecule has 0 aliphatic heterocycles. The van der Waals surface area contributed by atoms with Crippen LogP contribution in [-0.2, 0) is 13.6 Å². The molecule has 0 bridgehead atoms. The van der Waals surface area contributed by atoms with Gasteiger partial charge in [0.1, 0.15) is 10.8 Å². The quantitative estimate of drug-likeness (QED) is 0.550. The molecular formula is C6H11Cl2O3P. The summed E-state index contributed by atoms with van der Waals surface area (Å²) in [6.45, 7) is 4.86. The lowest BCUT2D eigenvalue weighted by Crippen LogP contribution is -2.00. The van der Waals surface area contributed by atoms with Crippen LogP contribution in [0.5, 0.6) is 0 Å². The summed E-state index contributed by atoms with van der Waals surface area (Å²) in [5.41, 5.74) is 0. The minimum absolute atomic E-state index is 0.0931. The van der Waals surface area contributed by atoms with E-state index >= 15 is 0 Å². The van der Waals surface area contributed by atoms with Gasteiger partial charge in [0.25, 0.3) is 0 Å². The van der Waals surface area contributed by atoms with E-state index in [0.717, 1.165) is 6.26 Å². The van der Waals surface area contributed by atoms with Crippen LogP contribution in [0.25, 0.3) is 0 Å². The van der Waals surface area contributed by atoms with Crippen LogP contribution in [-0.4, -0.2) is 12.8 Å². The monoisotopic (exact) mass is 232 g/mol. The molecule has 0 rings (SSSR count). The predicted octanol–water partition coefficient (Wildman–Crippen LogP) is 3.53. The molecule has 1 unspecified atom stereocenters. The molecule has 3 nitrogen and oxygen atoms in total. The van der Waals surface area contributed by atoms with Crippen LogP contribution in [0, 0.1) is 0 Å². The van der Waals surface area contributed by atoms with Crippen LogP contribution in [0.2, 0.25) is 0 Å². The summed E-state index contributed by atoms with van der Waals surface area (Å²) in [5.74, 6) is 0. The van der Waals surface area contributed by atoms with E-state index in [1.165, 1.54) is 6.66 Å². The van der Waals surface area contributed by atoms with E-state index in [1.54, 1.807) is 13.8 Å². The van der Waals surface area contributed by atoms with Crippen molar-refractivity contribution in [3.63, 3.8) is 0 Å². The Labute approximate surface area is 82.2 Å². The van der Waals surface area contributed by atoms with Crippen LogP contribution in [0.15, 0.2) is 10.8 Å². The highest BCUT2D eigenvalue weighted by Crippen LogP contribution is 2.45. The lowest BCUT2D eigenvalue weighted by molar-refractivity contribution is 0.202. The van der Waals surface area contributed by atoms with E-state index in [1.807, 2.05) is 0 Å². The van der Waals surface area contributed by atoms with Crippen molar-refractivity contribution < 1.29 is 13.6 Å². The molecular weight excluding hydrogens is 222 g/mol. The Balaban J connectivity index is 4.06. The average molecular weight is 233 g/mol. The van der Waals surface area contributed by atoms with Crippen molar-refractivity contribution in [2.24, 2.45) is 0 Å². The molecule has 0 aliphatic carbocycles. The lowest BCUT2D eigenvalue weighted by Gasteiger charge is -2.14. The second-order valence-corrected chi connectivity index (χ2v) is 5.41. The third-order valence-electron chi connectivity index (χ3n) is 0.736. The molecule has 0 fully saturated rings. The Morgan fingerprint density at radius 1 is 1.50 bits per heavy atom. The zero-order valence-corrected chi connectivity index (χ0v) is 9.49. The molecule has 0 heterocycles. The van der Waals surface area contributed by atoms with Gasteiger partial charge in [-0.3, -0.25) is 4.52 Å². The molecule has 0 saturated carbocycles. The minimum Gasteiger partial charge on any atom is -0.430 e. The topological polar surface area (TPSA) is 35.5 Å². The maximum atomic E-state index is 11.3. The van der Waals surface area contributed by atoms with Gasteiger partial charge in [0.05, 0.1) is 6.10 Å². The van der Waals surface area contributed by atoms with Gasteiger partial charge >= 0.3 is 7.60 Å². The third kappa shape index (κ3) is 6.99. The van der Waals surface area contributed by atoms with Crippen molar-refractivity contribution in [1.82, 2.24) is 0 Å². The van der Waals surface area contributed by atoms with Gasteiger partial charge in [-0.25, -0.2) is 4.57 Å². The SMILES string of the molecule is CC(C)OP(C)(=O)OC=C(Cl)Cl. The first kappa shape index (κ1) is 12.3. The first-order chi connectivity index (χ1) is 5.33. The maximum absolute atomic E-state index is 11.3. The lowest BCUT2D eigenvalue weighted by atomic mass is 10.5. The highest BCUT2D eigenvalue weighted by Gasteiger charge is 2.18. The van der Waals surface area contributed by atoms with Crippen molar-refractivity contribution in [2.45, 2.75) is 20.0 Å². The number of halogens is 2. The van der Waals surface area contributed by atoms with Gasteiger partial charge in [-0.15, -0.1) is 0 Å². The molecule has 0 aliphatic rings. The Morgan fingerprint density at radius 3 is 2.33 bits per heavy atom. The molecule has 0 spiro atoms. The van der Waals surface area contributed by atoms with Crippen LogP contribution >= 0.6 is 30.8 Å². The second kappa shape index (κ2) is 5.13. The maximum Gasteiger partial charge on any atom is 0.375 e. The summed E-state index contributed by atoms with van der Waals surface area (Å²) in [7, 11) is -3.05. The van der Waals surface area contributed by atoms with E-state index in [2.05, 4.69) is 0 Å². The Bertz CT molecular complexity index is 211. The number of rotatable bonds is 4. The van der Waals surface area contributed by atoms with Gasteiger partial charge in [-0.05, 0) is 13.8 Å². The number of hydrogen-bond acceptors (Lipinski definition) is 3. The average Bonchev–Trinajstić information content (AvgIpc) is 1.81. The number of hydrogen-bond donors (Lipinski definition) is 0. The van der Waals surface area contributed by atoms with Crippen molar-refractivity contribution in [3.8, 4) is 0 Å². The molecule has 0 radical (unpaired) electrons. The summed E-state index contributed by atoms with van der Waals surface area (Å²) >= 11 is 10.5. The third-order valence-corrected chi connectivity index (χ3v) is 2.21. The first-order valence-corrected chi connectivity index (χ1v) is 6.03. The molecule has 0 aromatic heterocycles. The highest BCUT2D eigenvalue weighted by atomic mass is 35.5. The molecule has 12 heavy (non-hydrogen) atoms. The largest absolute Gasteiger partial charge is 0.430 e. The van der Waals surface area contributed by atoms with E-state index in [0.29, 0.717) is 0 Å². The fraction of sp³-hybridized carbons (Fsp3) is 0.667. The normalized spacial score (nSPS) is 15.5. The van der Waals surface area contributed by atoms with Crippen molar-refractivity contribution in [3.05, 3.63) is 10.8 Å². The summed E-state index contributed by atoms with van der Waals surface area (Å²) < 4.78 is 20.9. The molecule has 0 aromatic rings. The zero-order chi connectivity index (χ0) is 9.78. The Morgan fingerprint density at radius 2 is 2.00 bits per heavy atom. The minimum atomic E-state index is -3.05. The van der Waals surface area contributed by atoms with Gasteiger partial charge in [-0.2, -0.15) is 0 Å². The molecule has 0 saturated heterocycles. The van der Waals surface area contributed by atoms with E-state index in [-0.39, 0.29) is 10.6 Å². The van der Waals surface area contributed by atoms with Crippen molar-refractivity contribution in [1.29, 1.82) is 0 Å². The zero-order valence-electron chi connectivity index (χ0n) is 7.08. The predicted molar refractivity (Wildman–Crippen MR) is 50.6 cm³/mol. The molecule has 6 heteroatoms. The van der Waals surface area contributed by atoms with E-state index in [9.17, 15) is 4.57 Å². The van der Waals surface area contributed by atoms with Crippen molar-refractivity contribution >= 4 is 30.8 Å². The molecule has 0 amide bonds. The summed E-state index contributed by atoms with van der Waals surface area (Å²) in [5, 5.41) is 0. The standard InChI is InChI=1S/C6H11Cl2O3P/c1-5(2)11-12(3,9)10-4-6(7)8/h4-5H,1-3H3. The summed E-state index contributed by atoms with van der Waals surface area (Å²) in [4.78, 5) is 0. The van der Waals surface area contributed by atoms with E-state index < -0.39 is 7.60 Å². The van der Waals surface area contributed by atoms with Crippen molar-refractivity contribution in [2.75, 3.05) is 6.66 Å². The van der Waals surface area contributed by atoms with Crippen LogP contribution in [0.1, 0.15) is 13.8 Å². The van der Waals surface area contributed by atoms with Gasteiger partial charge in [-0.1, -0.05) is 23.2 Å². The Kier molecular flexibility index (Phi) is 5.26. The highest BCUT2D eigenvalue weighted by molar-refractivity contribution is 7.53. The van der Waals surface area contributed by atoms with E-state index in [4.69, 9.17) is 32.2 Å². The molecule has 1 atom stereocenters. The molecule has 0 N–H and O–H groups in total. The van der Waals surface area contributed by atoms with Gasteiger partial charge in [0.15, 0.2) is 0 Å². The van der Waals surface area contributed by atoms with Gasteiger partial charge < -0.3 is 4.52 Å². The van der Waals surface area contributed by atoms with Gasteiger partial charge in [0.2, 0.25) is 0 Å². The smallest absolute Gasteiger partial charge is 0.375 e. The van der Waals surface area contributed by atoms with Crippen LogP contribution in [0.4, 0.5) is 0 Å².